The van der Waals surface area contributed by atoms with Gasteiger partial charge in [-0.15, -0.1) is 0 Å². The maximum atomic E-state index is 10.6. The van der Waals surface area contributed by atoms with Gasteiger partial charge in [0.05, 0.1) is 0 Å². The predicted octanol–water partition coefficient (Wildman–Crippen LogP) is -3.64. The summed E-state index contributed by atoms with van der Waals surface area (Å²) in [4.78, 5) is 31.7. The van der Waals surface area contributed by atoms with Crippen molar-refractivity contribution in [1.29, 1.82) is 0 Å². The summed E-state index contributed by atoms with van der Waals surface area (Å²) in [5.74, 6) is 4.74. The van der Waals surface area contributed by atoms with Crippen molar-refractivity contribution in [3.63, 3.8) is 0 Å². The van der Waals surface area contributed by atoms with Crippen LogP contribution in [0.3, 0.4) is 0 Å². The van der Waals surface area contributed by atoms with Crippen LogP contribution < -0.4 is 22.9 Å². The molecule has 0 radical (unpaired) electrons. The molecule has 0 amide bonds. The van der Waals surface area contributed by atoms with Gasteiger partial charge in [0, 0.05) is 0 Å². The van der Waals surface area contributed by atoms with Crippen LogP contribution in [0.1, 0.15) is 0 Å². The van der Waals surface area contributed by atoms with Crippen LogP contribution in [0.2, 0.25) is 0 Å². The number of nitrogen functional groups attached to an aromatic ring is 1. The molecule has 0 saturated carbocycles. The molecule has 1 rings (SSSR count). The summed E-state index contributed by atoms with van der Waals surface area (Å²) in [6.45, 7) is 0. The van der Waals surface area contributed by atoms with Gasteiger partial charge in [0.15, 0.2) is 0 Å². The molecule has 9 nitrogen and oxygen atoms in total. The molecule has 0 bridgehead atoms. The van der Waals surface area contributed by atoms with Crippen LogP contribution in [0.15, 0.2) is 14.4 Å². The zero-order valence-electron chi connectivity index (χ0n) is 5.54. The van der Waals surface area contributed by atoms with E-state index in [0.29, 0.717) is 0 Å². The highest BCUT2D eigenvalue weighted by Crippen LogP contribution is 1.54. The highest BCUT2D eigenvalue weighted by molar-refractivity contribution is 4.71. The van der Waals surface area contributed by atoms with E-state index in [4.69, 9.17) is 16.3 Å². The maximum absolute atomic E-state index is 10.6. The first kappa shape index (κ1) is 7.91. The normalized spacial score (nSPS) is 10.0. The summed E-state index contributed by atoms with van der Waals surface area (Å²) in [5, 5.41) is 17.1. The lowest BCUT2D eigenvalue weighted by Crippen LogP contribution is -2.56. The lowest BCUT2D eigenvalue weighted by Gasteiger charge is -1.99. The second-order valence-electron chi connectivity index (χ2n) is 1.84. The lowest BCUT2D eigenvalue weighted by molar-refractivity contribution is 0.0821. The molecule has 66 valence electrons. The largest absolute Gasteiger partial charge is 0.420 e. The standard InChI is InChI=1S/C3H4N4O5/c4-5-1(8)6(11)3(10)7(12)2(5)9/h11-12H,4H2. The van der Waals surface area contributed by atoms with E-state index in [1.54, 1.807) is 0 Å². The van der Waals surface area contributed by atoms with Gasteiger partial charge in [-0.05, 0) is 0 Å². The van der Waals surface area contributed by atoms with Crippen LogP contribution in [0, 0.1) is 0 Å². The average Bonchev–Trinajstić information content (AvgIpc) is 2.08. The van der Waals surface area contributed by atoms with Gasteiger partial charge in [0.1, 0.15) is 0 Å². The van der Waals surface area contributed by atoms with Crippen molar-refractivity contribution in [3.8, 4) is 0 Å². The highest BCUT2D eigenvalue weighted by atomic mass is 16.5. The van der Waals surface area contributed by atoms with Gasteiger partial charge in [-0.3, -0.25) is 0 Å². The van der Waals surface area contributed by atoms with Gasteiger partial charge in [-0.1, -0.05) is 9.46 Å². The summed E-state index contributed by atoms with van der Waals surface area (Å²) in [5.41, 5.74) is -4.45. The van der Waals surface area contributed by atoms with Gasteiger partial charge in [-0.25, -0.2) is 14.4 Å². The van der Waals surface area contributed by atoms with Crippen molar-refractivity contribution >= 4 is 0 Å². The molecule has 0 aromatic carbocycles. The molecular formula is C3H4N4O5. The van der Waals surface area contributed by atoms with Crippen molar-refractivity contribution in [2.75, 3.05) is 5.84 Å². The summed E-state index contributed by atoms with van der Waals surface area (Å²) in [7, 11) is 0. The number of hydrogen-bond donors (Lipinski definition) is 3. The van der Waals surface area contributed by atoms with Crippen LogP contribution in [0.4, 0.5) is 0 Å². The Bertz CT molecular complexity index is 375. The predicted molar refractivity (Wildman–Crippen MR) is 33.7 cm³/mol. The second kappa shape index (κ2) is 2.15. The Hall–Kier alpha value is -2.19. The molecule has 0 aliphatic rings. The topological polar surface area (TPSA) is 132 Å². The quantitative estimate of drug-likeness (QED) is 0.276. The van der Waals surface area contributed by atoms with Crippen molar-refractivity contribution < 1.29 is 10.4 Å². The summed E-state index contributed by atoms with van der Waals surface area (Å²) >= 11 is 0. The Morgan fingerprint density at radius 3 is 1.58 bits per heavy atom. The summed E-state index contributed by atoms with van der Waals surface area (Å²) < 4.78 is -1.12. The van der Waals surface area contributed by atoms with Gasteiger partial charge < -0.3 is 16.3 Å². The van der Waals surface area contributed by atoms with Gasteiger partial charge in [0.2, 0.25) is 0 Å². The van der Waals surface area contributed by atoms with Crippen LogP contribution >= 0.6 is 0 Å². The molecule has 0 fully saturated rings. The van der Waals surface area contributed by atoms with E-state index in [1.165, 1.54) is 0 Å². The molecule has 0 aliphatic carbocycles. The summed E-state index contributed by atoms with van der Waals surface area (Å²) in [6, 6.07) is 0. The number of hydrogen-bond acceptors (Lipinski definition) is 6. The van der Waals surface area contributed by atoms with E-state index in [-0.39, 0.29) is 4.68 Å². The number of nitrogens with zero attached hydrogens (tertiary/aromatic N) is 3. The SMILES string of the molecule is Nn1c(=O)n(O)c(=O)n(O)c1=O. The first-order chi connectivity index (χ1) is 5.46. The van der Waals surface area contributed by atoms with Crippen LogP contribution in [0.25, 0.3) is 0 Å². The van der Waals surface area contributed by atoms with Crippen molar-refractivity contribution in [3.05, 3.63) is 31.5 Å². The first-order valence-corrected chi connectivity index (χ1v) is 2.61. The minimum atomic E-state index is -1.58. The fraction of sp³-hybridized carbons (Fsp3) is 0. The van der Waals surface area contributed by atoms with Crippen LogP contribution in [-0.4, -0.2) is 24.6 Å². The minimum absolute atomic E-state index is 0.124. The van der Waals surface area contributed by atoms with E-state index in [1.807, 2.05) is 0 Å². The third-order valence-electron chi connectivity index (χ3n) is 1.14. The van der Waals surface area contributed by atoms with E-state index < -0.39 is 26.5 Å². The van der Waals surface area contributed by atoms with Gasteiger partial charge in [0.25, 0.3) is 0 Å². The van der Waals surface area contributed by atoms with Crippen molar-refractivity contribution in [2.24, 2.45) is 0 Å². The average molecular weight is 176 g/mol. The zero-order chi connectivity index (χ0) is 9.46. The fourth-order valence-electron chi connectivity index (χ4n) is 0.539. The van der Waals surface area contributed by atoms with Gasteiger partial charge >= 0.3 is 17.1 Å². The Morgan fingerprint density at radius 1 is 0.917 bits per heavy atom. The zero-order valence-corrected chi connectivity index (χ0v) is 5.54. The third-order valence-corrected chi connectivity index (χ3v) is 1.14. The molecule has 12 heavy (non-hydrogen) atoms. The van der Waals surface area contributed by atoms with E-state index in [9.17, 15) is 14.4 Å². The lowest BCUT2D eigenvalue weighted by atomic mass is 11.0. The Kier molecular flexibility index (Phi) is 1.42. The molecule has 9 heteroatoms. The summed E-state index contributed by atoms with van der Waals surface area (Å²) in [6.07, 6.45) is 0. The highest BCUT2D eigenvalue weighted by Gasteiger charge is 2.10. The third kappa shape index (κ3) is 0.761. The molecule has 1 heterocycles. The monoisotopic (exact) mass is 176 g/mol. The van der Waals surface area contributed by atoms with Gasteiger partial charge in [-0.2, -0.15) is 4.68 Å². The number of aromatic nitrogens is 3. The van der Waals surface area contributed by atoms with Crippen molar-refractivity contribution in [2.45, 2.75) is 0 Å². The smallest absolute Gasteiger partial charge is 0.403 e. The molecular weight excluding hydrogens is 172 g/mol. The molecule has 0 spiro atoms. The Morgan fingerprint density at radius 2 is 1.25 bits per heavy atom. The van der Waals surface area contributed by atoms with Crippen LogP contribution in [0.5, 0.6) is 0 Å². The second-order valence-corrected chi connectivity index (χ2v) is 1.84. The minimum Gasteiger partial charge on any atom is -0.420 e. The van der Waals surface area contributed by atoms with Crippen molar-refractivity contribution in [1.82, 2.24) is 14.1 Å². The first-order valence-electron chi connectivity index (χ1n) is 2.61. The molecule has 0 unspecified atom stereocenters. The molecule has 0 saturated heterocycles. The molecule has 0 atom stereocenters. The van der Waals surface area contributed by atoms with E-state index >= 15 is 0 Å². The number of nitrogens with two attached hydrogens (primary N) is 1. The molecule has 1 aromatic heterocycles. The van der Waals surface area contributed by atoms with Crippen LogP contribution in [-0.2, 0) is 0 Å². The van der Waals surface area contributed by atoms with E-state index in [0.717, 1.165) is 0 Å². The number of rotatable bonds is 0. The molecule has 1 aromatic rings. The Balaban J connectivity index is 4.00. The molecule has 4 N–H and O–H groups in total. The maximum Gasteiger partial charge on any atom is 0.403 e. The Labute approximate surface area is 63.0 Å². The molecule has 0 aliphatic heterocycles. The van der Waals surface area contributed by atoms with E-state index in [2.05, 4.69) is 0 Å². The fourth-order valence-corrected chi connectivity index (χ4v) is 0.539.